The van der Waals surface area contributed by atoms with E-state index in [0.29, 0.717) is 5.69 Å². The van der Waals surface area contributed by atoms with E-state index in [0.717, 1.165) is 6.07 Å². The van der Waals surface area contributed by atoms with Crippen molar-refractivity contribution in [3.8, 4) is 11.3 Å². The molecule has 0 saturated heterocycles. The summed E-state index contributed by atoms with van der Waals surface area (Å²) in [6, 6.07) is 5.51. The number of benzene rings is 1. The lowest BCUT2D eigenvalue weighted by Crippen LogP contribution is -1.92. The Balaban J connectivity index is 2.57. The summed E-state index contributed by atoms with van der Waals surface area (Å²) in [6.45, 7) is 0. The fourth-order valence-electron chi connectivity index (χ4n) is 1.21. The molecule has 0 aliphatic carbocycles. The van der Waals surface area contributed by atoms with Crippen LogP contribution in [0.2, 0.25) is 0 Å². The predicted octanol–water partition coefficient (Wildman–Crippen LogP) is 2.17. The van der Waals surface area contributed by atoms with Crippen molar-refractivity contribution in [2.45, 2.75) is 0 Å². The molecule has 1 heterocycles. The normalized spacial score (nSPS) is 10.5. The van der Waals surface area contributed by atoms with Crippen LogP contribution in [0.4, 0.5) is 8.78 Å². The zero-order chi connectivity index (χ0) is 10.1. The fraction of sp³-hybridized carbons (Fsp3) is 0.100. The molecule has 2 aromatic rings. The van der Waals surface area contributed by atoms with Crippen molar-refractivity contribution in [2.24, 2.45) is 7.05 Å². The second-order valence-electron chi connectivity index (χ2n) is 2.88. The number of halogens is 2. The molecule has 0 atom stereocenters. The molecule has 0 spiro atoms. The molecule has 14 heavy (non-hydrogen) atoms. The maximum atomic E-state index is 13.3. The minimum Gasteiger partial charge on any atom is -0.266 e. The summed E-state index contributed by atoms with van der Waals surface area (Å²) in [5.41, 5.74) is 0.534. The quantitative estimate of drug-likeness (QED) is 0.678. The van der Waals surface area contributed by atoms with Crippen LogP contribution in [0.5, 0.6) is 0 Å². The zero-order valence-electron chi connectivity index (χ0n) is 7.46. The number of hydrogen-bond donors (Lipinski definition) is 0. The van der Waals surface area contributed by atoms with Crippen LogP contribution in [0.1, 0.15) is 0 Å². The van der Waals surface area contributed by atoms with Gasteiger partial charge in [0.05, 0.1) is 11.9 Å². The van der Waals surface area contributed by atoms with E-state index in [1.807, 2.05) is 0 Å². The summed E-state index contributed by atoms with van der Waals surface area (Å²) in [5, 5.41) is 3.94. The SMILES string of the molecule is Cn1[c]cc(-c2cccc(F)c2F)n1. The Bertz CT molecular complexity index is 463. The van der Waals surface area contributed by atoms with E-state index < -0.39 is 11.6 Å². The molecular formula is C10H7F2N2. The van der Waals surface area contributed by atoms with Crippen LogP contribution >= 0.6 is 0 Å². The molecule has 0 saturated carbocycles. The first kappa shape index (κ1) is 8.87. The van der Waals surface area contributed by atoms with Gasteiger partial charge in [-0.15, -0.1) is 0 Å². The van der Waals surface area contributed by atoms with E-state index in [-0.39, 0.29) is 5.56 Å². The van der Waals surface area contributed by atoms with E-state index >= 15 is 0 Å². The second-order valence-corrected chi connectivity index (χ2v) is 2.88. The van der Waals surface area contributed by atoms with Crippen molar-refractivity contribution >= 4 is 0 Å². The number of nitrogens with zero attached hydrogens (tertiary/aromatic N) is 2. The van der Waals surface area contributed by atoms with Crippen LogP contribution in [0.25, 0.3) is 11.3 Å². The zero-order valence-corrected chi connectivity index (χ0v) is 7.46. The van der Waals surface area contributed by atoms with Gasteiger partial charge in [0.1, 0.15) is 0 Å². The fourth-order valence-corrected chi connectivity index (χ4v) is 1.21. The molecule has 2 nitrogen and oxygen atoms in total. The standard InChI is InChI=1S/C10H7F2N2/c1-14-6-5-9(13-14)7-3-2-4-8(11)10(7)12/h2-5H,1H3. The summed E-state index contributed by atoms with van der Waals surface area (Å²) in [5.74, 6) is -1.74. The van der Waals surface area contributed by atoms with Crippen molar-refractivity contribution < 1.29 is 8.78 Å². The van der Waals surface area contributed by atoms with Crippen molar-refractivity contribution in [3.05, 3.63) is 42.1 Å². The molecule has 0 unspecified atom stereocenters. The first-order valence-corrected chi connectivity index (χ1v) is 4.04. The molecule has 4 heteroatoms. The van der Waals surface area contributed by atoms with Crippen LogP contribution < -0.4 is 0 Å². The summed E-state index contributed by atoms with van der Waals surface area (Å²) >= 11 is 0. The number of rotatable bonds is 1. The molecule has 0 aliphatic rings. The van der Waals surface area contributed by atoms with Crippen LogP contribution in [0, 0.1) is 17.8 Å². The second kappa shape index (κ2) is 3.21. The molecule has 2 rings (SSSR count). The van der Waals surface area contributed by atoms with Crippen LogP contribution in [-0.4, -0.2) is 9.78 Å². The average molecular weight is 193 g/mol. The van der Waals surface area contributed by atoms with Crippen molar-refractivity contribution in [2.75, 3.05) is 0 Å². The van der Waals surface area contributed by atoms with Crippen molar-refractivity contribution in [1.82, 2.24) is 9.78 Å². The maximum absolute atomic E-state index is 13.3. The lowest BCUT2D eigenvalue weighted by molar-refractivity contribution is 0.510. The summed E-state index contributed by atoms with van der Waals surface area (Å²) in [4.78, 5) is 0. The van der Waals surface area contributed by atoms with Crippen LogP contribution in [0.3, 0.4) is 0 Å². The smallest absolute Gasteiger partial charge is 0.168 e. The van der Waals surface area contributed by atoms with Crippen molar-refractivity contribution in [3.63, 3.8) is 0 Å². The minimum absolute atomic E-state index is 0.154. The number of aromatic nitrogens is 2. The number of aryl methyl sites for hydroxylation is 1. The van der Waals surface area contributed by atoms with Gasteiger partial charge in [-0.3, -0.25) is 4.68 Å². The Morgan fingerprint density at radius 2 is 2.14 bits per heavy atom. The third-order valence-corrected chi connectivity index (χ3v) is 1.87. The first-order valence-electron chi connectivity index (χ1n) is 4.04. The summed E-state index contributed by atoms with van der Waals surface area (Å²) in [7, 11) is 1.67. The van der Waals surface area contributed by atoms with Gasteiger partial charge >= 0.3 is 0 Å². The highest BCUT2D eigenvalue weighted by molar-refractivity contribution is 5.59. The molecule has 1 aromatic carbocycles. The average Bonchev–Trinajstić information content (AvgIpc) is 2.57. The third kappa shape index (κ3) is 1.39. The van der Waals surface area contributed by atoms with E-state index in [9.17, 15) is 8.78 Å². The Hall–Kier alpha value is -1.71. The number of hydrogen-bond acceptors (Lipinski definition) is 1. The molecule has 0 bridgehead atoms. The van der Waals surface area contributed by atoms with Gasteiger partial charge in [-0.25, -0.2) is 8.78 Å². The van der Waals surface area contributed by atoms with E-state index in [2.05, 4.69) is 11.3 Å². The van der Waals surface area contributed by atoms with Gasteiger partial charge in [-0.1, -0.05) is 6.07 Å². The van der Waals surface area contributed by atoms with E-state index in [1.54, 1.807) is 7.05 Å². The minimum atomic E-state index is -0.875. The Kier molecular flexibility index (Phi) is 2.04. The van der Waals surface area contributed by atoms with E-state index in [1.165, 1.54) is 22.9 Å². The predicted molar refractivity (Wildman–Crippen MR) is 47.4 cm³/mol. The van der Waals surface area contributed by atoms with Crippen LogP contribution in [0.15, 0.2) is 24.3 Å². The summed E-state index contributed by atoms with van der Waals surface area (Å²) in [6.07, 6.45) is 2.73. The molecular weight excluding hydrogens is 186 g/mol. The Morgan fingerprint density at radius 3 is 2.79 bits per heavy atom. The highest BCUT2D eigenvalue weighted by atomic mass is 19.2. The lowest BCUT2D eigenvalue weighted by Gasteiger charge is -1.99. The molecule has 0 fully saturated rings. The van der Waals surface area contributed by atoms with Gasteiger partial charge < -0.3 is 0 Å². The first-order chi connectivity index (χ1) is 6.68. The molecule has 0 aliphatic heterocycles. The Morgan fingerprint density at radius 1 is 1.36 bits per heavy atom. The maximum Gasteiger partial charge on any atom is 0.168 e. The molecule has 71 valence electrons. The summed E-state index contributed by atoms with van der Waals surface area (Å²) < 4.78 is 27.5. The van der Waals surface area contributed by atoms with Gasteiger partial charge in [0.15, 0.2) is 11.6 Å². The van der Waals surface area contributed by atoms with Gasteiger partial charge in [-0.2, -0.15) is 5.10 Å². The highest BCUT2D eigenvalue weighted by Crippen LogP contribution is 2.21. The van der Waals surface area contributed by atoms with Gasteiger partial charge in [0.2, 0.25) is 0 Å². The van der Waals surface area contributed by atoms with Gasteiger partial charge in [-0.05, 0) is 18.2 Å². The molecule has 0 N–H and O–H groups in total. The third-order valence-electron chi connectivity index (χ3n) is 1.87. The Labute approximate surface area is 79.8 Å². The molecule has 1 aromatic heterocycles. The van der Waals surface area contributed by atoms with Crippen molar-refractivity contribution in [1.29, 1.82) is 0 Å². The molecule has 1 radical (unpaired) electrons. The van der Waals surface area contributed by atoms with Gasteiger partial charge in [0.25, 0.3) is 0 Å². The van der Waals surface area contributed by atoms with Crippen LogP contribution in [-0.2, 0) is 7.05 Å². The lowest BCUT2D eigenvalue weighted by atomic mass is 10.1. The monoisotopic (exact) mass is 193 g/mol. The highest BCUT2D eigenvalue weighted by Gasteiger charge is 2.11. The molecule has 0 amide bonds. The van der Waals surface area contributed by atoms with E-state index in [4.69, 9.17) is 0 Å². The largest absolute Gasteiger partial charge is 0.266 e. The topological polar surface area (TPSA) is 17.8 Å². The van der Waals surface area contributed by atoms with Gasteiger partial charge in [0, 0.05) is 12.6 Å².